The highest BCUT2D eigenvalue weighted by Crippen LogP contribution is 2.32. The van der Waals surface area contributed by atoms with Crippen molar-refractivity contribution in [1.29, 1.82) is 0 Å². The third kappa shape index (κ3) is 4.64. The van der Waals surface area contributed by atoms with Crippen LogP contribution in [0.4, 0.5) is 10.8 Å². The molecule has 1 aromatic carbocycles. The zero-order valence-electron chi connectivity index (χ0n) is 16.2. The van der Waals surface area contributed by atoms with E-state index in [1.165, 1.54) is 21.8 Å². The van der Waals surface area contributed by atoms with Gasteiger partial charge in [-0.05, 0) is 49.0 Å². The van der Waals surface area contributed by atoms with E-state index in [2.05, 4.69) is 48.7 Å². The van der Waals surface area contributed by atoms with Crippen molar-refractivity contribution in [3.05, 3.63) is 62.8 Å². The summed E-state index contributed by atoms with van der Waals surface area (Å²) < 4.78 is 0. The quantitative estimate of drug-likeness (QED) is 0.534. The van der Waals surface area contributed by atoms with E-state index in [0.29, 0.717) is 0 Å². The summed E-state index contributed by atoms with van der Waals surface area (Å²) in [5.74, 6) is -0.0145. The molecule has 4 nitrogen and oxygen atoms in total. The van der Waals surface area contributed by atoms with Gasteiger partial charge in [0.2, 0.25) is 5.91 Å². The van der Waals surface area contributed by atoms with Crippen molar-refractivity contribution in [3.63, 3.8) is 0 Å². The van der Waals surface area contributed by atoms with Crippen molar-refractivity contribution < 1.29 is 4.79 Å². The van der Waals surface area contributed by atoms with Gasteiger partial charge in [0, 0.05) is 30.3 Å². The minimum absolute atomic E-state index is 0.0145. The van der Waals surface area contributed by atoms with Gasteiger partial charge >= 0.3 is 0 Å². The molecule has 6 heteroatoms. The van der Waals surface area contributed by atoms with E-state index >= 15 is 0 Å². The second kappa shape index (κ2) is 8.78. The van der Waals surface area contributed by atoms with Crippen molar-refractivity contribution in [2.24, 2.45) is 0 Å². The van der Waals surface area contributed by atoms with Gasteiger partial charge in [-0.2, -0.15) is 0 Å². The number of hydrogen-bond acceptors (Lipinski definition) is 5. The summed E-state index contributed by atoms with van der Waals surface area (Å²) in [5, 5.41) is 4.92. The van der Waals surface area contributed by atoms with E-state index in [1.807, 2.05) is 18.2 Å². The molecule has 3 rings (SSSR count). The Bertz CT molecular complexity index is 916. The number of carbonyl (C=O) groups is 1. The number of aromatic nitrogens is 1. The summed E-state index contributed by atoms with van der Waals surface area (Å²) in [6.45, 7) is 7.52. The fourth-order valence-electron chi connectivity index (χ4n) is 3.05. The Morgan fingerprint density at radius 2 is 1.93 bits per heavy atom. The van der Waals surface area contributed by atoms with Crippen LogP contribution in [0.5, 0.6) is 0 Å². The average molecular weight is 400 g/mol. The molecular weight excluding hydrogens is 374 g/mol. The van der Waals surface area contributed by atoms with Gasteiger partial charge in [-0.25, -0.2) is 4.98 Å². The molecule has 2 heterocycles. The molecule has 27 heavy (non-hydrogen) atoms. The highest BCUT2D eigenvalue weighted by Gasteiger charge is 2.20. The van der Waals surface area contributed by atoms with Crippen LogP contribution in [0.1, 0.15) is 35.5 Å². The van der Waals surface area contributed by atoms with Crippen molar-refractivity contribution in [3.8, 4) is 0 Å². The lowest BCUT2D eigenvalue weighted by atomic mass is 10.1. The standard InChI is InChI=1S/C21H25N3OS2/c1-5-17-8-6-7-9-19(17)24(16(3)25)21-22-18(14-27-21)12-23(4)13-20-15(2)10-11-26-20/h6-11,14H,5,12-13H2,1-4H3. The Kier molecular flexibility index (Phi) is 6.42. The Morgan fingerprint density at radius 1 is 1.15 bits per heavy atom. The van der Waals surface area contributed by atoms with Crippen LogP contribution in [0.15, 0.2) is 41.1 Å². The highest BCUT2D eigenvalue weighted by molar-refractivity contribution is 7.14. The van der Waals surface area contributed by atoms with Gasteiger partial charge in [-0.1, -0.05) is 25.1 Å². The van der Waals surface area contributed by atoms with Crippen LogP contribution in [0, 0.1) is 6.92 Å². The molecule has 0 atom stereocenters. The van der Waals surface area contributed by atoms with Crippen LogP contribution in [-0.2, 0) is 24.3 Å². The van der Waals surface area contributed by atoms with Gasteiger partial charge in [0.05, 0.1) is 11.4 Å². The van der Waals surface area contributed by atoms with E-state index in [-0.39, 0.29) is 5.91 Å². The predicted molar refractivity (Wildman–Crippen MR) is 115 cm³/mol. The molecule has 0 spiro atoms. The van der Waals surface area contributed by atoms with Crippen molar-refractivity contribution >= 4 is 39.4 Å². The lowest BCUT2D eigenvalue weighted by Crippen LogP contribution is -2.24. The number of nitrogens with zero attached hydrogens (tertiary/aromatic N) is 3. The van der Waals surface area contributed by atoms with Gasteiger partial charge in [-0.3, -0.25) is 14.6 Å². The number of amides is 1. The van der Waals surface area contributed by atoms with Crippen LogP contribution in [0.25, 0.3) is 0 Å². The largest absolute Gasteiger partial charge is 0.295 e. The normalized spacial score (nSPS) is 11.1. The lowest BCUT2D eigenvalue weighted by molar-refractivity contribution is -0.115. The maximum atomic E-state index is 12.4. The molecular formula is C21H25N3OS2. The van der Waals surface area contributed by atoms with Gasteiger partial charge in [0.1, 0.15) is 0 Å². The summed E-state index contributed by atoms with van der Waals surface area (Å²) in [6, 6.07) is 10.2. The van der Waals surface area contributed by atoms with Gasteiger partial charge in [-0.15, -0.1) is 22.7 Å². The second-order valence-electron chi connectivity index (χ2n) is 6.66. The smallest absolute Gasteiger partial charge is 0.230 e. The number of carbonyl (C=O) groups excluding carboxylic acids is 1. The molecule has 0 aliphatic carbocycles. The third-order valence-corrected chi connectivity index (χ3v) is 6.36. The average Bonchev–Trinajstić information content (AvgIpc) is 3.25. The molecule has 0 bridgehead atoms. The first-order valence-corrected chi connectivity index (χ1v) is 10.8. The molecule has 0 saturated heterocycles. The molecule has 2 aromatic heterocycles. The maximum absolute atomic E-state index is 12.4. The number of rotatable bonds is 7. The molecule has 1 amide bonds. The van der Waals surface area contributed by atoms with Crippen molar-refractivity contribution in [2.45, 2.75) is 40.3 Å². The Labute approximate surface area is 169 Å². The zero-order chi connectivity index (χ0) is 19.4. The number of benzene rings is 1. The number of hydrogen-bond donors (Lipinski definition) is 0. The molecule has 0 unspecified atom stereocenters. The second-order valence-corrected chi connectivity index (χ2v) is 8.49. The van der Waals surface area contributed by atoms with Crippen LogP contribution >= 0.6 is 22.7 Å². The number of para-hydroxylation sites is 1. The molecule has 0 N–H and O–H groups in total. The monoisotopic (exact) mass is 399 g/mol. The first-order valence-electron chi connectivity index (χ1n) is 9.04. The summed E-state index contributed by atoms with van der Waals surface area (Å²) in [5.41, 5.74) is 4.40. The lowest BCUT2D eigenvalue weighted by Gasteiger charge is -2.21. The van der Waals surface area contributed by atoms with E-state index in [1.54, 1.807) is 23.2 Å². The van der Waals surface area contributed by atoms with E-state index in [4.69, 9.17) is 4.98 Å². The van der Waals surface area contributed by atoms with Crippen molar-refractivity contribution in [1.82, 2.24) is 9.88 Å². The molecule has 142 valence electrons. The maximum Gasteiger partial charge on any atom is 0.230 e. The highest BCUT2D eigenvalue weighted by atomic mass is 32.1. The topological polar surface area (TPSA) is 36.4 Å². The molecule has 0 aliphatic rings. The van der Waals surface area contributed by atoms with Gasteiger partial charge in [0.25, 0.3) is 0 Å². The van der Waals surface area contributed by atoms with Crippen molar-refractivity contribution in [2.75, 3.05) is 11.9 Å². The zero-order valence-corrected chi connectivity index (χ0v) is 17.9. The molecule has 0 radical (unpaired) electrons. The Balaban J connectivity index is 1.78. The van der Waals surface area contributed by atoms with E-state index in [0.717, 1.165) is 41.6 Å². The Hall–Kier alpha value is -2.02. The number of aryl methyl sites for hydroxylation is 2. The van der Waals surface area contributed by atoms with E-state index < -0.39 is 0 Å². The predicted octanol–water partition coefficient (Wildman–Crippen LogP) is 5.39. The fourth-order valence-corrected chi connectivity index (χ4v) is 4.91. The molecule has 3 aromatic rings. The van der Waals surface area contributed by atoms with Crippen LogP contribution < -0.4 is 4.90 Å². The van der Waals surface area contributed by atoms with Gasteiger partial charge < -0.3 is 0 Å². The number of thiazole rings is 1. The third-order valence-electron chi connectivity index (χ3n) is 4.47. The SMILES string of the molecule is CCc1ccccc1N(C(C)=O)c1nc(CN(C)Cc2sccc2C)cs1. The van der Waals surface area contributed by atoms with Gasteiger partial charge in [0.15, 0.2) is 5.13 Å². The summed E-state index contributed by atoms with van der Waals surface area (Å²) in [7, 11) is 2.10. The number of thiophene rings is 1. The minimum Gasteiger partial charge on any atom is -0.295 e. The summed E-state index contributed by atoms with van der Waals surface area (Å²) >= 11 is 3.31. The van der Waals surface area contributed by atoms with E-state index in [9.17, 15) is 4.79 Å². The van der Waals surface area contributed by atoms with Crippen LogP contribution in [-0.4, -0.2) is 22.8 Å². The summed E-state index contributed by atoms with van der Waals surface area (Å²) in [4.78, 5) is 22.5. The first kappa shape index (κ1) is 19.7. The summed E-state index contributed by atoms with van der Waals surface area (Å²) in [6.07, 6.45) is 0.876. The minimum atomic E-state index is -0.0145. The molecule has 0 fully saturated rings. The molecule has 0 aliphatic heterocycles. The fraction of sp³-hybridized carbons (Fsp3) is 0.333. The molecule has 0 saturated carbocycles. The van der Waals surface area contributed by atoms with Crippen LogP contribution in [0.2, 0.25) is 0 Å². The first-order chi connectivity index (χ1) is 13.0. The Morgan fingerprint density at radius 3 is 2.59 bits per heavy atom. The van der Waals surface area contributed by atoms with Crippen LogP contribution in [0.3, 0.4) is 0 Å². The number of anilines is 2.